The van der Waals surface area contributed by atoms with Crippen molar-refractivity contribution >= 4 is 35.0 Å². The maximum atomic E-state index is 12.1. The summed E-state index contributed by atoms with van der Waals surface area (Å²) in [6, 6.07) is 14.3. The van der Waals surface area contributed by atoms with Gasteiger partial charge in [0.05, 0.1) is 10.6 Å². The molecule has 21 heavy (non-hydrogen) atoms. The van der Waals surface area contributed by atoms with Gasteiger partial charge in [0.2, 0.25) is 0 Å². The molecule has 0 unspecified atom stereocenters. The first-order valence-electron chi connectivity index (χ1n) is 6.23. The van der Waals surface area contributed by atoms with Gasteiger partial charge in [0.1, 0.15) is 6.07 Å². The number of hydrogen-bond acceptors (Lipinski definition) is 3. The molecule has 0 heterocycles. The minimum Gasteiger partial charge on any atom is -0.322 e. The maximum absolute atomic E-state index is 12.1. The average molecular weight is 317 g/mol. The Balaban J connectivity index is 2.10. The third-order valence-electron chi connectivity index (χ3n) is 2.87. The van der Waals surface area contributed by atoms with E-state index in [2.05, 4.69) is 5.32 Å². The number of carbonyl (C=O) groups excluding carboxylic acids is 1. The molecule has 5 heteroatoms. The summed E-state index contributed by atoms with van der Waals surface area (Å²) in [6.07, 6.45) is 2.04. The van der Waals surface area contributed by atoms with Gasteiger partial charge in [-0.1, -0.05) is 23.7 Å². The minimum absolute atomic E-state index is 0.202. The first-order chi connectivity index (χ1) is 10.1. The Labute approximate surface area is 132 Å². The number of hydrogen-bond donors (Lipinski definition) is 1. The Morgan fingerprint density at radius 2 is 2.00 bits per heavy atom. The first kappa shape index (κ1) is 15.4. The monoisotopic (exact) mass is 316 g/mol. The lowest BCUT2D eigenvalue weighted by Crippen LogP contribution is -2.11. The molecule has 1 amide bonds. The summed E-state index contributed by atoms with van der Waals surface area (Å²) in [5.41, 5.74) is 2.72. The highest BCUT2D eigenvalue weighted by Crippen LogP contribution is 2.21. The van der Waals surface area contributed by atoms with Gasteiger partial charge in [-0.25, -0.2) is 0 Å². The second kappa shape index (κ2) is 7.16. The van der Waals surface area contributed by atoms with Crippen LogP contribution < -0.4 is 5.32 Å². The van der Waals surface area contributed by atoms with Crippen molar-refractivity contribution < 1.29 is 4.79 Å². The summed E-state index contributed by atoms with van der Waals surface area (Å²) in [7, 11) is 0. The Morgan fingerprint density at radius 1 is 1.29 bits per heavy atom. The van der Waals surface area contributed by atoms with Crippen LogP contribution in [0, 0.1) is 11.3 Å². The Kier molecular flexibility index (Phi) is 5.26. The Morgan fingerprint density at radius 3 is 2.57 bits per heavy atom. The molecule has 0 bridgehead atoms. The summed E-state index contributed by atoms with van der Waals surface area (Å²) >= 11 is 7.67. The fourth-order valence-corrected chi connectivity index (χ4v) is 2.55. The number of nitrogens with zero attached hydrogens (tertiary/aromatic N) is 1. The maximum Gasteiger partial charge on any atom is 0.255 e. The van der Waals surface area contributed by atoms with Crippen LogP contribution in [0.1, 0.15) is 21.5 Å². The number of halogens is 1. The van der Waals surface area contributed by atoms with E-state index in [9.17, 15) is 4.79 Å². The van der Waals surface area contributed by atoms with Crippen LogP contribution in [0.15, 0.2) is 42.5 Å². The normalized spacial score (nSPS) is 9.95. The van der Waals surface area contributed by atoms with Gasteiger partial charge in [0.25, 0.3) is 5.91 Å². The van der Waals surface area contributed by atoms with E-state index in [1.807, 2.05) is 24.5 Å². The second-order valence-corrected chi connectivity index (χ2v) is 5.66. The van der Waals surface area contributed by atoms with E-state index in [-0.39, 0.29) is 5.91 Å². The topological polar surface area (TPSA) is 52.9 Å². The lowest BCUT2D eigenvalue weighted by Gasteiger charge is -2.07. The van der Waals surface area contributed by atoms with Crippen LogP contribution >= 0.6 is 23.4 Å². The van der Waals surface area contributed by atoms with Crippen LogP contribution in [0.5, 0.6) is 0 Å². The van der Waals surface area contributed by atoms with E-state index >= 15 is 0 Å². The number of thioether (sulfide) groups is 1. The molecule has 2 aromatic carbocycles. The molecule has 0 radical (unpaired) electrons. The number of anilines is 1. The lowest BCUT2D eigenvalue weighted by atomic mass is 10.1. The SMILES string of the molecule is CSCc1ccc(C(=O)Nc2ccc(C#N)c(Cl)c2)cc1. The molecule has 0 spiro atoms. The van der Waals surface area contributed by atoms with Crippen molar-refractivity contribution in [1.29, 1.82) is 5.26 Å². The van der Waals surface area contributed by atoms with E-state index in [1.165, 1.54) is 5.56 Å². The van der Waals surface area contributed by atoms with Crippen molar-refractivity contribution in [2.45, 2.75) is 5.75 Å². The molecule has 0 saturated heterocycles. The molecule has 106 valence electrons. The fraction of sp³-hybridized carbons (Fsp3) is 0.125. The van der Waals surface area contributed by atoms with Gasteiger partial charge in [0, 0.05) is 17.0 Å². The van der Waals surface area contributed by atoms with Crippen molar-refractivity contribution in [2.75, 3.05) is 11.6 Å². The number of nitriles is 1. The molecular weight excluding hydrogens is 304 g/mol. The summed E-state index contributed by atoms with van der Waals surface area (Å²) in [4.78, 5) is 12.1. The molecule has 0 atom stereocenters. The molecule has 3 nitrogen and oxygen atoms in total. The predicted octanol–water partition coefficient (Wildman–Crippen LogP) is 4.33. The van der Waals surface area contributed by atoms with E-state index in [0.29, 0.717) is 21.8 Å². The third kappa shape index (κ3) is 4.01. The summed E-state index contributed by atoms with van der Waals surface area (Å²) in [5, 5.41) is 11.9. The Hall–Kier alpha value is -1.96. The van der Waals surface area contributed by atoms with Crippen LogP contribution in [0.3, 0.4) is 0 Å². The van der Waals surface area contributed by atoms with E-state index in [0.717, 1.165) is 5.75 Å². The molecule has 0 aromatic heterocycles. The van der Waals surface area contributed by atoms with Crippen LogP contribution in [0.4, 0.5) is 5.69 Å². The number of benzene rings is 2. The van der Waals surface area contributed by atoms with Crippen LogP contribution in [-0.4, -0.2) is 12.2 Å². The van der Waals surface area contributed by atoms with Gasteiger partial charge in [0.15, 0.2) is 0 Å². The van der Waals surface area contributed by atoms with E-state index in [4.69, 9.17) is 16.9 Å². The van der Waals surface area contributed by atoms with Crippen molar-refractivity contribution in [3.8, 4) is 6.07 Å². The van der Waals surface area contributed by atoms with Crippen molar-refractivity contribution in [1.82, 2.24) is 0 Å². The number of amides is 1. The third-order valence-corrected chi connectivity index (χ3v) is 3.81. The largest absolute Gasteiger partial charge is 0.322 e. The predicted molar refractivity (Wildman–Crippen MR) is 87.8 cm³/mol. The Bertz CT molecular complexity index is 692. The fourth-order valence-electron chi connectivity index (χ4n) is 1.81. The van der Waals surface area contributed by atoms with Crippen LogP contribution in [0.2, 0.25) is 5.02 Å². The zero-order valence-corrected chi connectivity index (χ0v) is 13.0. The minimum atomic E-state index is -0.202. The number of carbonyl (C=O) groups is 1. The van der Waals surface area contributed by atoms with Gasteiger partial charge >= 0.3 is 0 Å². The van der Waals surface area contributed by atoms with Crippen molar-refractivity contribution in [3.63, 3.8) is 0 Å². The van der Waals surface area contributed by atoms with Crippen molar-refractivity contribution in [2.24, 2.45) is 0 Å². The molecule has 0 aliphatic rings. The first-order valence-corrected chi connectivity index (χ1v) is 8.00. The number of rotatable bonds is 4. The van der Waals surface area contributed by atoms with E-state index < -0.39 is 0 Å². The summed E-state index contributed by atoms with van der Waals surface area (Å²) in [6.45, 7) is 0. The summed E-state index contributed by atoms with van der Waals surface area (Å²) < 4.78 is 0. The highest BCUT2D eigenvalue weighted by Gasteiger charge is 2.07. The number of nitrogens with one attached hydrogen (secondary N) is 1. The van der Waals surface area contributed by atoms with Gasteiger partial charge in [-0.15, -0.1) is 0 Å². The average Bonchev–Trinajstić information content (AvgIpc) is 2.48. The second-order valence-electron chi connectivity index (χ2n) is 4.39. The molecule has 2 aromatic rings. The standard InChI is InChI=1S/C16H13ClN2OS/c1-21-10-11-2-4-12(5-3-11)16(20)19-14-7-6-13(9-18)15(17)8-14/h2-8H,10H2,1H3,(H,19,20). The van der Waals surface area contributed by atoms with Gasteiger partial charge in [-0.05, 0) is 42.2 Å². The lowest BCUT2D eigenvalue weighted by molar-refractivity contribution is 0.102. The molecule has 2 rings (SSSR count). The zero-order valence-electron chi connectivity index (χ0n) is 11.4. The molecule has 0 aliphatic carbocycles. The molecule has 0 saturated carbocycles. The highest BCUT2D eigenvalue weighted by molar-refractivity contribution is 7.97. The molecule has 0 aliphatic heterocycles. The summed E-state index contributed by atoms with van der Waals surface area (Å²) in [5.74, 6) is 0.721. The zero-order chi connectivity index (χ0) is 15.2. The van der Waals surface area contributed by atoms with Crippen molar-refractivity contribution in [3.05, 3.63) is 64.2 Å². The smallest absolute Gasteiger partial charge is 0.255 e. The van der Waals surface area contributed by atoms with Gasteiger partial charge in [-0.2, -0.15) is 17.0 Å². The van der Waals surface area contributed by atoms with Gasteiger partial charge in [-0.3, -0.25) is 4.79 Å². The van der Waals surface area contributed by atoms with E-state index in [1.54, 1.807) is 42.1 Å². The van der Waals surface area contributed by atoms with Crippen LogP contribution in [0.25, 0.3) is 0 Å². The van der Waals surface area contributed by atoms with Gasteiger partial charge < -0.3 is 5.32 Å². The molecule has 1 N–H and O–H groups in total. The quantitative estimate of drug-likeness (QED) is 0.913. The molecular formula is C16H13ClN2OS. The highest BCUT2D eigenvalue weighted by atomic mass is 35.5. The van der Waals surface area contributed by atoms with Crippen LogP contribution in [-0.2, 0) is 5.75 Å². The molecule has 0 fully saturated rings.